The second kappa shape index (κ2) is 6.89. The molecule has 0 aliphatic heterocycles. The van der Waals surface area contributed by atoms with Crippen LogP contribution in [-0.4, -0.2) is 42.0 Å². The predicted octanol–water partition coefficient (Wildman–Crippen LogP) is 2.25. The van der Waals surface area contributed by atoms with Crippen LogP contribution < -0.4 is 0 Å². The first-order chi connectivity index (χ1) is 8.08. The Morgan fingerprint density at radius 2 is 2.12 bits per heavy atom. The van der Waals surface area contributed by atoms with Gasteiger partial charge in [0.05, 0.1) is 6.61 Å². The first-order valence-corrected chi connectivity index (χ1v) is 6.83. The molecule has 0 radical (unpaired) electrons. The fourth-order valence-electron chi connectivity index (χ4n) is 1.87. The van der Waals surface area contributed by atoms with Gasteiger partial charge >= 0.3 is 0 Å². The molecule has 0 bridgehead atoms. The molecule has 1 aromatic rings. The molecular formula is C13H21NO2S. The van der Waals surface area contributed by atoms with E-state index in [9.17, 15) is 4.79 Å². The standard InChI is InChI=1S/C13H21NO2S/c1-4-14(7-8-15)6-5-13(16)12-9-10(2)17-11(12)3/h9,15H,4-8H2,1-3H3. The van der Waals surface area contributed by atoms with Crippen LogP contribution in [0.15, 0.2) is 6.07 Å². The van der Waals surface area contributed by atoms with Crippen molar-refractivity contribution in [3.05, 3.63) is 21.4 Å². The minimum absolute atomic E-state index is 0.151. The SMILES string of the molecule is CCN(CCO)CCC(=O)c1cc(C)sc1C. The summed E-state index contributed by atoms with van der Waals surface area (Å²) in [7, 11) is 0. The van der Waals surface area contributed by atoms with Crippen LogP contribution in [0.3, 0.4) is 0 Å². The third kappa shape index (κ3) is 4.22. The molecule has 0 atom stereocenters. The summed E-state index contributed by atoms with van der Waals surface area (Å²) in [4.78, 5) is 16.4. The van der Waals surface area contributed by atoms with Crippen LogP contribution in [0.5, 0.6) is 0 Å². The maximum absolute atomic E-state index is 12.0. The van der Waals surface area contributed by atoms with Gasteiger partial charge in [-0.1, -0.05) is 6.92 Å². The molecule has 0 aliphatic rings. The molecule has 1 heterocycles. The van der Waals surface area contributed by atoms with Gasteiger partial charge in [-0.05, 0) is 26.5 Å². The monoisotopic (exact) mass is 255 g/mol. The van der Waals surface area contributed by atoms with Gasteiger partial charge in [-0.2, -0.15) is 0 Å². The van der Waals surface area contributed by atoms with Crippen molar-refractivity contribution in [3.8, 4) is 0 Å². The van der Waals surface area contributed by atoms with E-state index < -0.39 is 0 Å². The molecule has 0 aromatic carbocycles. The number of hydrogen-bond acceptors (Lipinski definition) is 4. The summed E-state index contributed by atoms with van der Waals surface area (Å²) in [6, 6.07) is 1.98. The highest BCUT2D eigenvalue weighted by molar-refractivity contribution is 7.12. The number of rotatable bonds is 7. The molecule has 4 heteroatoms. The topological polar surface area (TPSA) is 40.5 Å². The van der Waals surface area contributed by atoms with Gasteiger partial charge in [0.25, 0.3) is 0 Å². The Labute approximate surface area is 107 Å². The average molecular weight is 255 g/mol. The van der Waals surface area contributed by atoms with Gasteiger partial charge in [0.1, 0.15) is 0 Å². The van der Waals surface area contributed by atoms with Crippen LogP contribution in [0.4, 0.5) is 0 Å². The number of Topliss-reactive ketones (excluding diaryl/α,β-unsaturated/α-hetero) is 1. The fraction of sp³-hybridized carbons (Fsp3) is 0.615. The van der Waals surface area contributed by atoms with E-state index >= 15 is 0 Å². The minimum atomic E-state index is 0.151. The number of aliphatic hydroxyl groups is 1. The third-order valence-electron chi connectivity index (χ3n) is 2.86. The van der Waals surface area contributed by atoms with Gasteiger partial charge in [-0.25, -0.2) is 0 Å². The van der Waals surface area contributed by atoms with Crippen molar-refractivity contribution >= 4 is 17.1 Å². The summed E-state index contributed by atoms with van der Waals surface area (Å²) in [6.45, 7) is 8.46. The first-order valence-electron chi connectivity index (χ1n) is 6.02. The van der Waals surface area contributed by atoms with Crippen molar-refractivity contribution in [1.82, 2.24) is 4.90 Å². The van der Waals surface area contributed by atoms with E-state index in [1.54, 1.807) is 11.3 Å². The molecule has 1 rings (SSSR count). The number of carbonyl (C=O) groups is 1. The van der Waals surface area contributed by atoms with Crippen molar-refractivity contribution in [1.29, 1.82) is 0 Å². The van der Waals surface area contributed by atoms with E-state index in [1.165, 1.54) is 4.88 Å². The van der Waals surface area contributed by atoms with Gasteiger partial charge in [0.2, 0.25) is 0 Å². The second-order valence-electron chi connectivity index (χ2n) is 4.16. The smallest absolute Gasteiger partial charge is 0.165 e. The number of nitrogens with zero attached hydrogens (tertiary/aromatic N) is 1. The van der Waals surface area contributed by atoms with Crippen molar-refractivity contribution in [2.75, 3.05) is 26.2 Å². The van der Waals surface area contributed by atoms with Gasteiger partial charge in [-0.3, -0.25) is 4.79 Å². The van der Waals surface area contributed by atoms with E-state index in [2.05, 4.69) is 4.90 Å². The van der Waals surface area contributed by atoms with Gasteiger partial charge in [0, 0.05) is 34.8 Å². The van der Waals surface area contributed by atoms with E-state index in [-0.39, 0.29) is 12.4 Å². The predicted molar refractivity (Wildman–Crippen MR) is 71.9 cm³/mol. The van der Waals surface area contributed by atoms with E-state index in [0.717, 1.165) is 23.5 Å². The number of aliphatic hydroxyl groups excluding tert-OH is 1. The average Bonchev–Trinajstić information content (AvgIpc) is 2.63. The Kier molecular flexibility index (Phi) is 5.82. The van der Waals surface area contributed by atoms with Crippen LogP contribution in [0.1, 0.15) is 33.5 Å². The zero-order chi connectivity index (χ0) is 12.8. The van der Waals surface area contributed by atoms with Crippen molar-refractivity contribution in [2.24, 2.45) is 0 Å². The maximum Gasteiger partial charge on any atom is 0.165 e. The second-order valence-corrected chi connectivity index (χ2v) is 5.62. The van der Waals surface area contributed by atoms with E-state index in [1.807, 2.05) is 26.8 Å². The number of ketones is 1. The van der Waals surface area contributed by atoms with Crippen LogP contribution in [-0.2, 0) is 0 Å². The number of hydrogen-bond donors (Lipinski definition) is 1. The lowest BCUT2D eigenvalue weighted by atomic mass is 10.1. The van der Waals surface area contributed by atoms with E-state index in [0.29, 0.717) is 13.0 Å². The number of likely N-dealkylation sites (N-methyl/N-ethyl adjacent to an activating group) is 1. The molecule has 0 spiro atoms. The molecule has 0 saturated carbocycles. The Morgan fingerprint density at radius 1 is 1.41 bits per heavy atom. The first kappa shape index (κ1) is 14.4. The van der Waals surface area contributed by atoms with Crippen molar-refractivity contribution in [3.63, 3.8) is 0 Å². The third-order valence-corrected chi connectivity index (χ3v) is 3.83. The lowest BCUT2D eigenvalue weighted by Gasteiger charge is -2.18. The highest BCUT2D eigenvalue weighted by atomic mass is 32.1. The zero-order valence-electron chi connectivity index (χ0n) is 10.8. The lowest BCUT2D eigenvalue weighted by molar-refractivity contribution is 0.0959. The zero-order valence-corrected chi connectivity index (χ0v) is 11.6. The summed E-state index contributed by atoms with van der Waals surface area (Å²) >= 11 is 1.67. The molecular weight excluding hydrogens is 234 g/mol. The van der Waals surface area contributed by atoms with Crippen LogP contribution >= 0.6 is 11.3 Å². The molecule has 1 N–H and O–H groups in total. The van der Waals surface area contributed by atoms with Crippen LogP contribution in [0.25, 0.3) is 0 Å². The Bertz CT molecular complexity index is 373. The number of carbonyl (C=O) groups excluding carboxylic acids is 1. The highest BCUT2D eigenvalue weighted by Gasteiger charge is 2.13. The summed E-state index contributed by atoms with van der Waals surface area (Å²) in [5.41, 5.74) is 0.868. The van der Waals surface area contributed by atoms with Crippen molar-refractivity contribution in [2.45, 2.75) is 27.2 Å². The highest BCUT2D eigenvalue weighted by Crippen LogP contribution is 2.21. The van der Waals surface area contributed by atoms with E-state index in [4.69, 9.17) is 5.11 Å². The summed E-state index contributed by atoms with van der Waals surface area (Å²) in [5, 5.41) is 8.87. The number of aryl methyl sites for hydroxylation is 2. The van der Waals surface area contributed by atoms with Gasteiger partial charge in [-0.15, -0.1) is 11.3 Å². The minimum Gasteiger partial charge on any atom is -0.395 e. The van der Waals surface area contributed by atoms with Gasteiger partial charge in [0.15, 0.2) is 5.78 Å². The fourth-order valence-corrected chi connectivity index (χ4v) is 2.81. The molecule has 0 aliphatic carbocycles. The molecule has 0 unspecified atom stereocenters. The Morgan fingerprint density at radius 3 is 2.59 bits per heavy atom. The quantitative estimate of drug-likeness (QED) is 0.760. The summed E-state index contributed by atoms with van der Waals surface area (Å²) in [6.07, 6.45) is 0.533. The molecule has 0 saturated heterocycles. The van der Waals surface area contributed by atoms with Gasteiger partial charge < -0.3 is 10.0 Å². The molecule has 0 fully saturated rings. The molecule has 0 amide bonds. The maximum atomic E-state index is 12.0. The molecule has 3 nitrogen and oxygen atoms in total. The molecule has 17 heavy (non-hydrogen) atoms. The van der Waals surface area contributed by atoms with Crippen molar-refractivity contribution < 1.29 is 9.90 Å². The Balaban J connectivity index is 2.52. The molecule has 96 valence electrons. The lowest BCUT2D eigenvalue weighted by Crippen LogP contribution is -2.29. The summed E-state index contributed by atoms with van der Waals surface area (Å²) < 4.78 is 0. The number of thiophene rings is 1. The summed E-state index contributed by atoms with van der Waals surface area (Å²) in [5.74, 6) is 0.211. The van der Waals surface area contributed by atoms with Crippen LogP contribution in [0.2, 0.25) is 0 Å². The van der Waals surface area contributed by atoms with Crippen LogP contribution in [0, 0.1) is 13.8 Å². The largest absolute Gasteiger partial charge is 0.395 e. The molecule has 1 aromatic heterocycles. The Hall–Kier alpha value is -0.710. The normalized spacial score (nSPS) is 11.1.